The van der Waals surface area contributed by atoms with Crippen LogP contribution in [0.1, 0.15) is 10.4 Å². The van der Waals surface area contributed by atoms with E-state index < -0.39 is 20.9 Å². The summed E-state index contributed by atoms with van der Waals surface area (Å²) in [5, 5.41) is 16.3. The van der Waals surface area contributed by atoms with Crippen molar-refractivity contribution in [1.82, 2.24) is 4.72 Å². The molecule has 0 aromatic heterocycles. The fourth-order valence-corrected chi connectivity index (χ4v) is 2.80. The Kier molecular flexibility index (Phi) is 5.35. The van der Waals surface area contributed by atoms with Crippen LogP contribution in [-0.4, -0.2) is 33.3 Å². The number of carbonyl (C=O) groups is 1. The van der Waals surface area contributed by atoms with E-state index in [9.17, 15) is 23.3 Å². The highest BCUT2D eigenvalue weighted by atomic mass is 32.2. The summed E-state index contributed by atoms with van der Waals surface area (Å²) >= 11 is 0. The fourth-order valence-electron chi connectivity index (χ4n) is 2.07. The predicted molar refractivity (Wildman–Crippen MR) is 93.3 cm³/mol. The molecular weight excluding hydrogens is 348 g/mol. The van der Waals surface area contributed by atoms with E-state index in [2.05, 4.69) is 15.4 Å². The number of hydrogen-bond donors (Lipinski definition) is 3. The number of carbonyl (C=O) groups excluding carboxylic acids is 1. The zero-order valence-corrected chi connectivity index (χ0v) is 14.3. The van der Waals surface area contributed by atoms with Gasteiger partial charge in [0, 0.05) is 24.4 Å². The van der Waals surface area contributed by atoms with Crippen LogP contribution in [0.15, 0.2) is 47.4 Å². The lowest BCUT2D eigenvalue weighted by Crippen LogP contribution is -2.18. The summed E-state index contributed by atoms with van der Waals surface area (Å²) in [6.07, 6.45) is 0. The van der Waals surface area contributed by atoms with Gasteiger partial charge in [-0.05, 0) is 43.4 Å². The first-order valence-electron chi connectivity index (χ1n) is 7.09. The molecular formula is C15H16N4O5S. The largest absolute Gasteiger partial charge is 0.383 e. The molecule has 132 valence electrons. The number of nitro benzene ring substituents is 1. The van der Waals surface area contributed by atoms with Crippen molar-refractivity contribution in [3.05, 3.63) is 58.1 Å². The molecule has 2 rings (SSSR count). The third kappa shape index (κ3) is 4.11. The summed E-state index contributed by atoms with van der Waals surface area (Å²) in [5.41, 5.74) is 0.548. The zero-order chi connectivity index (χ0) is 18.6. The maximum absolute atomic E-state index is 12.2. The Labute approximate surface area is 144 Å². The van der Waals surface area contributed by atoms with Crippen LogP contribution in [0.4, 0.5) is 17.1 Å². The predicted octanol–water partition coefficient (Wildman–Crippen LogP) is 1.80. The Morgan fingerprint density at radius 3 is 2.24 bits per heavy atom. The van der Waals surface area contributed by atoms with Gasteiger partial charge in [-0.3, -0.25) is 14.9 Å². The summed E-state index contributed by atoms with van der Waals surface area (Å²) in [6.45, 7) is 0. The molecule has 0 saturated heterocycles. The van der Waals surface area contributed by atoms with E-state index in [0.29, 0.717) is 11.4 Å². The molecule has 0 unspecified atom stereocenters. The molecule has 10 heteroatoms. The van der Waals surface area contributed by atoms with Gasteiger partial charge < -0.3 is 10.6 Å². The van der Waals surface area contributed by atoms with Crippen molar-refractivity contribution >= 4 is 33.0 Å². The van der Waals surface area contributed by atoms with Gasteiger partial charge in [0.25, 0.3) is 11.6 Å². The van der Waals surface area contributed by atoms with Gasteiger partial charge in [-0.15, -0.1) is 0 Å². The number of hydrogen-bond acceptors (Lipinski definition) is 6. The van der Waals surface area contributed by atoms with Gasteiger partial charge >= 0.3 is 0 Å². The molecule has 9 nitrogen and oxygen atoms in total. The number of nitrogens with one attached hydrogen (secondary N) is 3. The first kappa shape index (κ1) is 18.4. The lowest BCUT2D eigenvalue weighted by Gasteiger charge is -2.08. The molecule has 0 heterocycles. The van der Waals surface area contributed by atoms with Crippen molar-refractivity contribution in [2.24, 2.45) is 0 Å². The normalized spacial score (nSPS) is 11.0. The number of benzene rings is 2. The second-order valence-electron chi connectivity index (χ2n) is 4.93. The smallest absolute Gasteiger partial charge is 0.293 e. The van der Waals surface area contributed by atoms with Crippen LogP contribution >= 0.6 is 0 Å². The maximum atomic E-state index is 12.2. The Hall–Kier alpha value is -2.98. The molecule has 0 atom stereocenters. The minimum atomic E-state index is -3.56. The maximum Gasteiger partial charge on any atom is 0.293 e. The van der Waals surface area contributed by atoms with Crippen molar-refractivity contribution in [1.29, 1.82) is 0 Å². The minimum absolute atomic E-state index is 0.0574. The fraction of sp³-hybridized carbons (Fsp3) is 0.133. The van der Waals surface area contributed by atoms with E-state index in [1.165, 1.54) is 49.5 Å². The quantitative estimate of drug-likeness (QED) is 0.529. The highest BCUT2D eigenvalue weighted by Crippen LogP contribution is 2.25. The van der Waals surface area contributed by atoms with Gasteiger partial charge in [0.2, 0.25) is 10.0 Å². The van der Waals surface area contributed by atoms with E-state index in [-0.39, 0.29) is 16.1 Å². The number of nitrogens with zero attached hydrogens (tertiary/aromatic N) is 1. The Morgan fingerprint density at radius 1 is 1.08 bits per heavy atom. The van der Waals surface area contributed by atoms with Crippen LogP contribution in [0.5, 0.6) is 0 Å². The van der Waals surface area contributed by atoms with Crippen LogP contribution in [0.3, 0.4) is 0 Å². The first-order chi connectivity index (χ1) is 11.8. The van der Waals surface area contributed by atoms with E-state index in [4.69, 9.17) is 0 Å². The number of rotatable bonds is 6. The summed E-state index contributed by atoms with van der Waals surface area (Å²) in [6, 6.07) is 9.60. The highest BCUT2D eigenvalue weighted by Gasteiger charge is 2.17. The highest BCUT2D eigenvalue weighted by molar-refractivity contribution is 7.89. The Morgan fingerprint density at radius 2 is 1.72 bits per heavy atom. The van der Waals surface area contributed by atoms with E-state index in [1.54, 1.807) is 7.05 Å². The molecule has 2 aromatic rings. The van der Waals surface area contributed by atoms with Crippen LogP contribution in [0, 0.1) is 10.1 Å². The Balaban J connectivity index is 2.23. The Bertz CT molecular complexity index is 910. The van der Waals surface area contributed by atoms with Gasteiger partial charge in [-0.2, -0.15) is 0 Å². The minimum Gasteiger partial charge on any atom is -0.383 e. The zero-order valence-electron chi connectivity index (χ0n) is 13.4. The van der Waals surface area contributed by atoms with Crippen LogP contribution in [0.2, 0.25) is 0 Å². The molecule has 3 N–H and O–H groups in total. The monoisotopic (exact) mass is 364 g/mol. The average Bonchev–Trinajstić information content (AvgIpc) is 2.61. The van der Waals surface area contributed by atoms with Crippen LogP contribution in [0.25, 0.3) is 0 Å². The summed E-state index contributed by atoms with van der Waals surface area (Å²) in [4.78, 5) is 22.8. The average molecular weight is 364 g/mol. The lowest BCUT2D eigenvalue weighted by molar-refractivity contribution is -0.384. The topological polar surface area (TPSA) is 130 Å². The lowest BCUT2D eigenvalue weighted by atomic mass is 10.1. The van der Waals surface area contributed by atoms with Gasteiger partial charge in [-0.1, -0.05) is 0 Å². The molecule has 0 fully saturated rings. The number of sulfonamides is 1. The second kappa shape index (κ2) is 7.28. The van der Waals surface area contributed by atoms with Crippen molar-refractivity contribution in [2.45, 2.75) is 4.90 Å². The number of amides is 1. The third-order valence-electron chi connectivity index (χ3n) is 3.42. The standard InChI is InChI=1S/C15H16N4O5S/c1-16-13-8-3-10(9-14(13)19(21)22)15(20)18-11-4-6-12(7-5-11)25(23,24)17-2/h3-9,16-17H,1-2H3,(H,18,20). The van der Waals surface area contributed by atoms with Crippen molar-refractivity contribution in [3.63, 3.8) is 0 Å². The summed E-state index contributed by atoms with van der Waals surface area (Å²) < 4.78 is 25.5. The van der Waals surface area contributed by atoms with Crippen LogP contribution in [-0.2, 0) is 10.0 Å². The molecule has 0 aliphatic carbocycles. The molecule has 0 saturated carbocycles. The molecule has 0 aliphatic heterocycles. The summed E-state index contributed by atoms with van der Waals surface area (Å²) in [7, 11) is -0.720. The van der Waals surface area contributed by atoms with E-state index in [1.807, 2.05) is 0 Å². The molecule has 25 heavy (non-hydrogen) atoms. The molecule has 0 spiro atoms. The van der Waals surface area contributed by atoms with Gasteiger partial charge in [0.1, 0.15) is 5.69 Å². The summed E-state index contributed by atoms with van der Waals surface area (Å²) in [5.74, 6) is -0.546. The number of anilines is 2. The second-order valence-corrected chi connectivity index (χ2v) is 6.81. The van der Waals surface area contributed by atoms with Gasteiger partial charge in [0.05, 0.1) is 9.82 Å². The first-order valence-corrected chi connectivity index (χ1v) is 8.58. The van der Waals surface area contributed by atoms with Crippen molar-refractivity contribution in [2.75, 3.05) is 24.7 Å². The SMILES string of the molecule is CNc1ccc(C(=O)Nc2ccc(S(=O)(=O)NC)cc2)cc1[N+](=O)[O-]. The molecule has 0 bridgehead atoms. The van der Waals surface area contributed by atoms with Crippen molar-refractivity contribution < 1.29 is 18.1 Å². The molecule has 1 amide bonds. The molecule has 2 aromatic carbocycles. The number of nitro groups is 1. The van der Waals surface area contributed by atoms with Crippen LogP contribution < -0.4 is 15.4 Å². The van der Waals surface area contributed by atoms with E-state index in [0.717, 1.165) is 0 Å². The third-order valence-corrected chi connectivity index (χ3v) is 4.85. The molecule has 0 aliphatic rings. The molecule has 0 radical (unpaired) electrons. The van der Waals surface area contributed by atoms with Gasteiger partial charge in [-0.25, -0.2) is 13.1 Å². The van der Waals surface area contributed by atoms with Crippen molar-refractivity contribution in [3.8, 4) is 0 Å². The van der Waals surface area contributed by atoms with Gasteiger partial charge in [0.15, 0.2) is 0 Å². The van der Waals surface area contributed by atoms with E-state index >= 15 is 0 Å².